The van der Waals surface area contributed by atoms with Crippen molar-refractivity contribution in [1.29, 1.82) is 0 Å². The van der Waals surface area contributed by atoms with E-state index in [4.69, 9.17) is 9.47 Å². The molecule has 0 spiro atoms. The van der Waals surface area contributed by atoms with Crippen LogP contribution in [0.5, 0.6) is 5.75 Å². The van der Waals surface area contributed by atoms with Crippen LogP contribution in [0.2, 0.25) is 0 Å². The molecule has 0 saturated carbocycles. The lowest BCUT2D eigenvalue weighted by Crippen LogP contribution is -2.33. The first-order valence-corrected chi connectivity index (χ1v) is 9.30. The lowest BCUT2D eigenvalue weighted by Gasteiger charge is -2.19. The zero-order valence-corrected chi connectivity index (χ0v) is 16.6. The Morgan fingerprint density at radius 1 is 1.14 bits per heavy atom. The van der Waals surface area contributed by atoms with E-state index in [1.165, 1.54) is 5.56 Å². The van der Waals surface area contributed by atoms with Crippen LogP contribution in [0.1, 0.15) is 39.2 Å². The summed E-state index contributed by atoms with van der Waals surface area (Å²) < 4.78 is 10.7. The van der Waals surface area contributed by atoms with Crippen molar-refractivity contribution in [2.45, 2.75) is 45.6 Å². The van der Waals surface area contributed by atoms with Crippen molar-refractivity contribution in [3.8, 4) is 5.75 Å². The predicted octanol–water partition coefficient (Wildman–Crippen LogP) is 3.27. The fourth-order valence-electron chi connectivity index (χ4n) is 2.36. The van der Waals surface area contributed by atoms with Gasteiger partial charge in [0.25, 0.3) is 5.91 Å². The normalized spacial score (nSPS) is 11.0. The fourth-order valence-corrected chi connectivity index (χ4v) is 2.36. The van der Waals surface area contributed by atoms with Gasteiger partial charge in [0.15, 0.2) is 6.61 Å². The van der Waals surface area contributed by atoms with Crippen LogP contribution in [0.3, 0.4) is 0 Å². The highest BCUT2D eigenvalue weighted by Crippen LogP contribution is 2.14. The van der Waals surface area contributed by atoms with Gasteiger partial charge in [0, 0.05) is 18.9 Å². The topological polar surface area (TPSA) is 105 Å². The first-order chi connectivity index (χ1) is 13.3. The lowest BCUT2D eigenvalue weighted by molar-refractivity contribution is -0.118. The molecular formula is C20H28N4O4. The van der Waals surface area contributed by atoms with Crippen LogP contribution in [0.15, 0.2) is 36.7 Å². The number of carbonyl (C=O) groups is 2. The maximum Gasteiger partial charge on any atom is 0.407 e. The summed E-state index contributed by atoms with van der Waals surface area (Å²) in [5.74, 6) is 0.742. The fraction of sp³-hybridized carbons (Fsp3) is 0.450. The summed E-state index contributed by atoms with van der Waals surface area (Å²) in [6.45, 7) is 6.01. The minimum atomic E-state index is -0.479. The Morgan fingerprint density at radius 3 is 2.54 bits per heavy atom. The second-order valence-electron chi connectivity index (χ2n) is 7.30. The van der Waals surface area contributed by atoms with Gasteiger partial charge in [-0.1, -0.05) is 12.1 Å². The van der Waals surface area contributed by atoms with E-state index >= 15 is 0 Å². The molecule has 2 amide bonds. The summed E-state index contributed by atoms with van der Waals surface area (Å²) in [4.78, 5) is 30.0. The van der Waals surface area contributed by atoms with Crippen LogP contribution in [-0.4, -0.2) is 40.7 Å². The molecule has 0 atom stereocenters. The minimum Gasteiger partial charge on any atom is -0.484 e. The molecule has 0 unspecified atom stereocenters. The van der Waals surface area contributed by atoms with Crippen molar-refractivity contribution < 1.29 is 19.1 Å². The number of ether oxygens (including phenoxy) is 2. The largest absolute Gasteiger partial charge is 0.484 e. The van der Waals surface area contributed by atoms with E-state index in [1.54, 1.807) is 12.4 Å². The zero-order chi connectivity index (χ0) is 20.4. The Bertz CT molecular complexity index is 737. The minimum absolute atomic E-state index is 0.0869. The van der Waals surface area contributed by atoms with Crippen molar-refractivity contribution in [3.63, 3.8) is 0 Å². The molecule has 0 aliphatic rings. The molecule has 8 heteroatoms. The number of rotatable bonds is 9. The third-order valence-corrected chi connectivity index (χ3v) is 3.61. The number of carbonyl (C=O) groups excluding carboxylic acids is 2. The van der Waals surface area contributed by atoms with E-state index in [0.717, 1.165) is 19.3 Å². The molecule has 0 bridgehead atoms. The number of aryl methyl sites for hydroxylation is 1. The van der Waals surface area contributed by atoms with Crippen LogP contribution in [0.4, 0.5) is 10.7 Å². The van der Waals surface area contributed by atoms with Crippen molar-refractivity contribution in [3.05, 3.63) is 42.2 Å². The molecule has 1 heterocycles. The third-order valence-electron chi connectivity index (χ3n) is 3.61. The maximum absolute atomic E-state index is 11.7. The third kappa shape index (κ3) is 8.57. The molecule has 0 radical (unpaired) electrons. The number of nitrogens with one attached hydrogen (secondary N) is 3. The molecule has 0 saturated heterocycles. The molecule has 8 nitrogen and oxygen atoms in total. The van der Waals surface area contributed by atoms with Gasteiger partial charge in [-0.05, 0) is 57.7 Å². The maximum atomic E-state index is 11.7. The molecule has 0 aliphatic carbocycles. The van der Waals surface area contributed by atoms with Crippen LogP contribution >= 0.6 is 0 Å². The van der Waals surface area contributed by atoms with E-state index in [2.05, 4.69) is 20.6 Å². The van der Waals surface area contributed by atoms with Crippen LogP contribution in [0, 0.1) is 0 Å². The van der Waals surface area contributed by atoms with Gasteiger partial charge in [-0.3, -0.25) is 10.1 Å². The van der Waals surface area contributed by atoms with Gasteiger partial charge in [-0.15, -0.1) is 0 Å². The molecule has 2 rings (SSSR count). The van der Waals surface area contributed by atoms with Gasteiger partial charge < -0.3 is 19.8 Å². The number of unbranched alkanes of at least 4 members (excludes halogenated alkanes) is 1. The number of imidazole rings is 1. The number of hydrogen-bond acceptors (Lipinski definition) is 5. The molecule has 3 N–H and O–H groups in total. The number of anilines is 1. The van der Waals surface area contributed by atoms with Gasteiger partial charge in [0.2, 0.25) is 5.95 Å². The van der Waals surface area contributed by atoms with Crippen molar-refractivity contribution >= 4 is 17.9 Å². The summed E-state index contributed by atoms with van der Waals surface area (Å²) in [7, 11) is 0. The first kappa shape index (κ1) is 21.3. The summed E-state index contributed by atoms with van der Waals surface area (Å²) in [6.07, 6.45) is 5.51. The Kier molecular flexibility index (Phi) is 7.86. The lowest BCUT2D eigenvalue weighted by atomic mass is 10.1. The number of hydrogen-bond donors (Lipinski definition) is 3. The second-order valence-corrected chi connectivity index (χ2v) is 7.30. The van der Waals surface area contributed by atoms with E-state index in [1.807, 2.05) is 45.0 Å². The highest BCUT2D eigenvalue weighted by Gasteiger charge is 2.15. The van der Waals surface area contributed by atoms with Crippen LogP contribution < -0.4 is 15.4 Å². The van der Waals surface area contributed by atoms with E-state index < -0.39 is 5.60 Å². The average molecular weight is 388 g/mol. The molecular weight excluding hydrogens is 360 g/mol. The molecule has 152 valence electrons. The van der Waals surface area contributed by atoms with Crippen molar-refractivity contribution in [1.82, 2.24) is 15.3 Å². The standard InChI is InChI=1S/C20H28N4O4/c1-20(2,3)28-19(26)23-11-5-4-6-15-7-9-16(10-8-15)27-14-17(25)24-18-21-12-13-22-18/h7-10,12-13H,4-6,11,14H2,1-3H3,(H,23,26)(H2,21,22,24,25). The smallest absolute Gasteiger partial charge is 0.407 e. The summed E-state index contributed by atoms with van der Waals surface area (Å²) in [5, 5.41) is 5.35. The Labute approximate surface area is 165 Å². The van der Waals surface area contributed by atoms with Gasteiger partial charge in [-0.25, -0.2) is 9.78 Å². The quantitative estimate of drug-likeness (QED) is 0.572. The number of aromatic amines is 1. The Hall–Kier alpha value is -3.03. The molecule has 0 aliphatic heterocycles. The highest BCUT2D eigenvalue weighted by atomic mass is 16.6. The van der Waals surface area contributed by atoms with Gasteiger partial charge >= 0.3 is 6.09 Å². The molecule has 1 aromatic carbocycles. The SMILES string of the molecule is CC(C)(C)OC(=O)NCCCCc1ccc(OCC(=O)Nc2ncc[nH]2)cc1. The number of benzene rings is 1. The number of alkyl carbamates (subject to hydrolysis) is 1. The molecule has 2 aromatic rings. The first-order valence-electron chi connectivity index (χ1n) is 9.30. The van der Waals surface area contributed by atoms with Crippen molar-refractivity contribution in [2.24, 2.45) is 0 Å². The van der Waals surface area contributed by atoms with Crippen molar-refractivity contribution in [2.75, 3.05) is 18.5 Å². The number of H-pyrrole nitrogens is 1. The number of aromatic nitrogens is 2. The van der Waals surface area contributed by atoms with Crippen LogP contribution in [0.25, 0.3) is 0 Å². The highest BCUT2D eigenvalue weighted by molar-refractivity contribution is 5.90. The summed E-state index contributed by atoms with van der Waals surface area (Å²) in [5.41, 5.74) is 0.692. The Balaban J connectivity index is 1.60. The number of amides is 2. The van der Waals surface area contributed by atoms with Gasteiger partial charge in [-0.2, -0.15) is 0 Å². The Morgan fingerprint density at radius 2 is 1.89 bits per heavy atom. The summed E-state index contributed by atoms with van der Waals surface area (Å²) in [6, 6.07) is 7.63. The predicted molar refractivity (Wildman–Crippen MR) is 106 cm³/mol. The summed E-state index contributed by atoms with van der Waals surface area (Å²) >= 11 is 0. The van der Waals surface area contributed by atoms with Gasteiger partial charge in [0.1, 0.15) is 11.4 Å². The van der Waals surface area contributed by atoms with Gasteiger partial charge in [0.05, 0.1) is 0 Å². The monoisotopic (exact) mass is 388 g/mol. The molecule has 0 fully saturated rings. The number of nitrogens with zero attached hydrogens (tertiary/aromatic N) is 1. The van der Waals surface area contributed by atoms with E-state index in [-0.39, 0.29) is 18.6 Å². The zero-order valence-electron chi connectivity index (χ0n) is 16.6. The molecule has 1 aromatic heterocycles. The molecule has 28 heavy (non-hydrogen) atoms. The second kappa shape index (κ2) is 10.3. The van der Waals surface area contributed by atoms with E-state index in [0.29, 0.717) is 18.2 Å². The van der Waals surface area contributed by atoms with Crippen LogP contribution in [-0.2, 0) is 16.0 Å². The van der Waals surface area contributed by atoms with E-state index in [9.17, 15) is 9.59 Å². The average Bonchev–Trinajstić information content (AvgIpc) is 3.12.